The summed E-state index contributed by atoms with van der Waals surface area (Å²) in [5.74, 6) is 0.927. The van der Waals surface area contributed by atoms with Crippen LogP contribution in [0.1, 0.15) is 12.0 Å². The Kier molecular flexibility index (Phi) is 8.05. The molecule has 0 radical (unpaired) electrons. The summed E-state index contributed by atoms with van der Waals surface area (Å²) < 4.78 is 12.4. The fourth-order valence-electron chi connectivity index (χ4n) is 2.01. The van der Waals surface area contributed by atoms with Gasteiger partial charge in [0, 0.05) is 6.61 Å². The Morgan fingerprint density at radius 1 is 0.864 bits per heavy atom. The van der Waals surface area contributed by atoms with Gasteiger partial charge in [0.2, 0.25) is 0 Å². The first-order valence-corrected chi connectivity index (χ1v) is 8.58. The Bertz CT molecular complexity index is 567. The highest BCUT2D eigenvalue weighted by molar-refractivity contribution is 14.1. The van der Waals surface area contributed by atoms with E-state index in [1.54, 1.807) is 0 Å². The predicted molar refractivity (Wildman–Crippen MR) is 99.4 cm³/mol. The van der Waals surface area contributed by atoms with Crippen molar-refractivity contribution in [3.05, 3.63) is 75.9 Å². The van der Waals surface area contributed by atoms with E-state index >= 15 is 0 Å². The summed E-state index contributed by atoms with van der Waals surface area (Å²) in [6, 6.07) is 18.5. The zero-order valence-electron chi connectivity index (χ0n) is 12.6. The van der Waals surface area contributed by atoms with Crippen LogP contribution in [0.2, 0.25) is 0 Å². The molecule has 0 amide bonds. The van der Waals surface area contributed by atoms with Gasteiger partial charge in [-0.05, 0) is 59.2 Å². The van der Waals surface area contributed by atoms with Gasteiger partial charge in [-0.3, -0.25) is 0 Å². The molecule has 116 valence electrons. The molecule has 0 saturated heterocycles. The standard InChI is InChI=1S/C19H21IO2/c20-18-12-4-5-13-19(18)22-16-7-6-14-21-15-8-11-17-9-2-1-3-10-17/h1-7,9-10,12-13H,8,11,14-16H2/b7-6+. The van der Waals surface area contributed by atoms with E-state index in [0.717, 1.165) is 28.8 Å². The van der Waals surface area contributed by atoms with Crippen LogP contribution in [-0.2, 0) is 11.2 Å². The molecule has 0 unspecified atom stereocenters. The van der Waals surface area contributed by atoms with Crippen LogP contribution in [0.4, 0.5) is 0 Å². The highest BCUT2D eigenvalue weighted by Gasteiger charge is 1.96. The maximum Gasteiger partial charge on any atom is 0.133 e. The Morgan fingerprint density at radius 2 is 1.59 bits per heavy atom. The fourth-order valence-corrected chi connectivity index (χ4v) is 2.55. The van der Waals surface area contributed by atoms with Crippen LogP contribution in [0.25, 0.3) is 0 Å². The molecule has 0 aromatic heterocycles. The van der Waals surface area contributed by atoms with Crippen molar-refractivity contribution in [3.8, 4) is 5.75 Å². The van der Waals surface area contributed by atoms with Gasteiger partial charge >= 0.3 is 0 Å². The summed E-state index contributed by atoms with van der Waals surface area (Å²) in [5.41, 5.74) is 1.37. The average molecular weight is 408 g/mol. The number of hydrogen-bond acceptors (Lipinski definition) is 2. The largest absolute Gasteiger partial charge is 0.488 e. The van der Waals surface area contributed by atoms with Gasteiger partial charge < -0.3 is 9.47 Å². The highest BCUT2D eigenvalue weighted by atomic mass is 127. The third-order valence-electron chi connectivity index (χ3n) is 3.15. The molecule has 2 aromatic rings. The van der Waals surface area contributed by atoms with E-state index in [2.05, 4.69) is 46.9 Å². The first-order valence-electron chi connectivity index (χ1n) is 7.50. The Balaban J connectivity index is 1.51. The summed E-state index contributed by atoms with van der Waals surface area (Å²) in [5, 5.41) is 0. The second-order valence-corrected chi connectivity index (χ2v) is 6.04. The molecule has 0 N–H and O–H groups in total. The number of rotatable bonds is 9. The van der Waals surface area contributed by atoms with Gasteiger partial charge in [-0.2, -0.15) is 0 Å². The molecule has 3 heteroatoms. The van der Waals surface area contributed by atoms with Gasteiger partial charge in [-0.15, -0.1) is 0 Å². The molecule has 0 atom stereocenters. The second kappa shape index (κ2) is 10.4. The average Bonchev–Trinajstić information content (AvgIpc) is 2.56. The maximum absolute atomic E-state index is 5.67. The first kappa shape index (κ1) is 17.0. The van der Waals surface area contributed by atoms with E-state index in [1.165, 1.54) is 5.56 Å². The van der Waals surface area contributed by atoms with Crippen LogP contribution in [0.5, 0.6) is 5.75 Å². The zero-order valence-corrected chi connectivity index (χ0v) is 14.7. The molecule has 0 saturated carbocycles. The van der Waals surface area contributed by atoms with Gasteiger partial charge in [-0.25, -0.2) is 0 Å². The van der Waals surface area contributed by atoms with Crippen LogP contribution in [0, 0.1) is 3.57 Å². The molecule has 0 spiro atoms. The topological polar surface area (TPSA) is 18.5 Å². The van der Waals surface area contributed by atoms with Crippen molar-refractivity contribution < 1.29 is 9.47 Å². The molecule has 0 fully saturated rings. The van der Waals surface area contributed by atoms with Crippen molar-refractivity contribution in [1.29, 1.82) is 0 Å². The Labute approximate surface area is 146 Å². The molecule has 0 heterocycles. The summed E-state index contributed by atoms with van der Waals surface area (Å²) in [4.78, 5) is 0. The van der Waals surface area contributed by atoms with Gasteiger partial charge in [0.25, 0.3) is 0 Å². The van der Waals surface area contributed by atoms with E-state index in [9.17, 15) is 0 Å². The van der Waals surface area contributed by atoms with Gasteiger partial charge in [-0.1, -0.05) is 48.5 Å². The van der Waals surface area contributed by atoms with E-state index in [4.69, 9.17) is 9.47 Å². The van der Waals surface area contributed by atoms with Crippen molar-refractivity contribution in [1.82, 2.24) is 0 Å². The van der Waals surface area contributed by atoms with Crippen LogP contribution in [0.3, 0.4) is 0 Å². The van der Waals surface area contributed by atoms with Crippen molar-refractivity contribution in [2.75, 3.05) is 19.8 Å². The smallest absolute Gasteiger partial charge is 0.133 e. The minimum atomic E-state index is 0.577. The number of ether oxygens (including phenoxy) is 2. The SMILES string of the molecule is Ic1ccccc1OC/C=C/COCCCc1ccccc1. The minimum Gasteiger partial charge on any atom is -0.488 e. The maximum atomic E-state index is 5.67. The molecule has 0 bridgehead atoms. The third kappa shape index (κ3) is 6.62. The lowest BCUT2D eigenvalue weighted by Crippen LogP contribution is -1.98. The van der Waals surface area contributed by atoms with Crippen molar-refractivity contribution in [2.45, 2.75) is 12.8 Å². The molecule has 2 rings (SSSR count). The molecular weight excluding hydrogens is 387 g/mol. The number of aryl methyl sites for hydroxylation is 1. The number of benzene rings is 2. The molecule has 0 aliphatic carbocycles. The lowest BCUT2D eigenvalue weighted by atomic mass is 10.1. The molecule has 2 nitrogen and oxygen atoms in total. The van der Waals surface area contributed by atoms with Crippen molar-refractivity contribution >= 4 is 22.6 Å². The van der Waals surface area contributed by atoms with Crippen LogP contribution >= 0.6 is 22.6 Å². The number of para-hydroxylation sites is 1. The summed E-state index contributed by atoms with van der Waals surface area (Å²) in [7, 11) is 0. The molecule has 0 aliphatic heterocycles. The molecular formula is C19H21IO2. The first-order chi connectivity index (χ1) is 10.9. The second-order valence-electron chi connectivity index (χ2n) is 4.88. The lowest BCUT2D eigenvalue weighted by molar-refractivity contribution is 0.159. The molecule has 0 aliphatic rings. The summed E-state index contributed by atoms with van der Waals surface area (Å²) in [6.07, 6.45) is 6.13. The summed E-state index contributed by atoms with van der Waals surface area (Å²) >= 11 is 2.27. The van der Waals surface area contributed by atoms with Crippen molar-refractivity contribution in [3.63, 3.8) is 0 Å². The minimum absolute atomic E-state index is 0.577. The number of halogens is 1. The van der Waals surface area contributed by atoms with E-state index < -0.39 is 0 Å². The van der Waals surface area contributed by atoms with Gasteiger partial charge in [0.1, 0.15) is 12.4 Å². The number of hydrogen-bond donors (Lipinski definition) is 0. The lowest BCUT2D eigenvalue weighted by Gasteiger charge is -2.05. The third-order valence-corrected chi connectivity index (χ3v) is 4.04. The Morgan fingerprint density at radius 3 is 2.41 bits per heavy atom. The normalized spacial score (nSPS) is 11.0. The predicted octanol–water partition coefficient (Wildman–Crippen LogP) is 4.88. The van der Waals surface area contributed by atoms with E-state index in [1.807, 2.05) is 42.5 Å². The van der Waals surface area contributed by atoms with E-state index in [-0.39, 0.29) is 0 Å². The molecule has 22 heavy (non-hydrogen) atoms. The van der Waals surface area contributed by atoms with Gasteiger partial charge in [0.05, 0.1) is 10.2 Å². The summed E-state index contributed by atoms with van der Waals surface area (Å²) in [6.45, 7) is 2.01. The zero-order chi connectivity index (χ0) is 15.5. The van der Waals surface area contributed by atoms with Crippen LogP contribution < -0.4 is 4.74 Å². The van der Waals surface area contributed by atoms with Gasteiger partial charge in [0.15, 0.2) is 0 Å². The van der Waals surface area contributed by atoms with E-state index in [0.29, 0.717) is 13.2 Å². The van der Waals surface area contributed by atoms with Crippen molar-refractivity contribution in [2.24, 2.45) is 0 Å². The van der Waals surface area contributed by atoms with Crippen LogP contribution in [0.15, 0.2) is 66.7 Å². The Hall–Kier alpha value is -1.33. The van der Waals surface area contributed by atoms with Crippen LogP contribution in [-0.4, -0.2) is 19.8 Å². The monoisotopic (exact) mass is 408 g/mol. The fraction of sp³-hybridized carbons (Fsp3) is 0.263. The molecule has 2 aromatic carbocycles. The highest BCUT2D eigenvalue weighted by Crippen LogP contribution is 2.19. The quantitative estimate of drug-likeness (QED) is 0.335.